The van der Waals surface area contributed by atoms with Crippen LogP contribution in [0.3, 0.4) is 0 Å². The van der Waals surface area contributed by atoms with E-state index >= 15 is 0 Å². The standard InChI is InChI=1S/C15H10Cl2N2O2/c16-12-5-4-9(6-13(12)17)7-14-18-15(19-21-14)10-2-1-3-11(20)8-10/h1-6,8,20H,7H2. The molecule has 0 bridgehead atoms. The first-order valence-corrected chi connectivity index (χ1v) is 6.93. The van der Waals surface area contributed by atoms with Crippen LogP contribution in [0.4, 0.5) is 0 Å². The summed E-state index contributed by atoms with van der Waals surface area (Å²) in [6.45, 7) is 0. The Bertz CT molecular complexity index is 787. The Balaban J connectivity index is 1.83. The van der Waals surface area contributed by atoms with Gasteiger partial charge in [-0.3, -0.25) is 0 Å². The molecule has 0 aliphatic carbocycles. The van der Waals surface area contributed by atoms with Crippen molar-refractivity contribution in [3.63, 3.8) is 0 Å². The summed E-state index contributed by atoms with van der Waals surface area (Å²) in [6.07, 6.45) is 0.461. The lowest BCUT2D eigenvalue weighted by molar-refractivity contribution is 0.385. The fourth-order valence-corrected chi connectivity index (χ4v) is 2.23. The summed E-state index contributed by atoms with van der Waals surface area (Å²) in [6, 6.07) is 12.0. The Morgan fingerprint density at radius 2 is 1.90 bits per heavy atom. The molecule has 1 aromatic heterocycles. The van der Waals surface area contributed by atoms with E-state index < -0.39 is 0 Å². The van der Waals surface area contributed by atoms with Gasteiger partial charge in [0.1, 0.15) is 5.75 Å². The van der Waals surface area contributed by atoms with Crippen molar-refractivity contribution in [3.05, 3.63) is 64.0 Å². The normalized spacial score (nSPS) is 10.8. The van der Waals surface area contributed by atoms with E-state index in [4.69, 9.17) is 27.7 Å². The molecule has 4 nitrogen and oxygen atoms in total. The molecule has 0 radical (unpaired) electrons. The number of halogens is 2. The Kier molecular flexibility index (Phi) is 3.82. The summed E-state index contributed by atoms with van der Waals surface area (Å²) < 4.78 is 5.21. The maximum atomic E-state index is 9.46. The molecule has 3 rings (SSSR count). The van der Waals surface area contributed by atoms with Gasteiger partial charge in [-0.2, -0.15) is 4.98 Å². The highest BCUT2D eigenvalue weighted by Crippen LogP contribution is 2.25. The second kappa shape index (κ2) is 5.76. The van der Waals surface area contributed by atoms with Crippen LogP contribution in [0.2, 0.25) is 10.0 Å². The lowest BCUT2D eigenvalue weighted by atomic mass is 10.1. The number of hydrogen-bond donors (Lipinski definition) is 1. The van der Waals surface area contributed by atoms with Crippen molar-refractivity contribution in [2.45, 2.75) is 6.42 Å². The molecule has 1 heterocycles. The van der Waals surface area contributed by atoms with E-state index in [1.165, 1.54) is 0 Å². The molecular weight excluding hydrogens is 311 g/mol. The summed E-state index contributed by atoms with van der Waals surface area (Å²) in [5, 5.41) is 14.4. The van der Waals surface area contributed by atoms with Crippen LogP contribution in [0.25, 0.3) is 11.4 Å². The minimum absolute atomic E-state index is 0.156. The molecule has 21 heavy (non-hydrogen) atoms. The fraction of sp³-hybridized carbons (Fsp3) is 0.0667. The van der Waals surface area contributed by atoms with Crippen molar-refractivity contribution < 1.29 is 9.63 Å². The van der Waals surface area contributed by atoms with Gasteiger partial charge in [0.05, 0.1) is 16.5 Å². The number of phenolic OH excluding ortho intramolecular Hbond substituents is 1. The van der Waals surface area contributed by atoms with Gasteiger partial charge < -0.3 is 9.63 Å². The number of rotatable bonds is 3. The molecule has 2 aromatic carbocycles. The van der Waals surface area contributed by atoms with Crippen molar-refractivity contribution in [2.24, 2.45) is 0 Å². The Morgan fingerprint density at radius 3 is 2.67 bits per heavy atom. The largest absolute Gasteiger partial charge is 0.508 e. The van der Waals surface area contributed by atoms with E-state index in [0.717, 1.165) is 5.56 Å². The molecule has 0 unspecified atom stereocenters. The van der Waals surface area contributed by atoms with Gasteiger partial charge >= 0.3 is 0 Å². The van der Waals surface area contributed by atoms with E-state index in [1.807, 2.05) is 6.07 Å². The van der Waals surface area contributed by atoms with Crippen LogP contribution in [0.1, 0.15) is 11.5 Å². The predicted molar refractivity (Wildman–Crippen MR) is 80.7 cm³/mol. The van der Waals surface area contributed by atoms with Crippen LogP contribution in [0.15, 0.2) is 47.0 Å². The number of benzene rings is 2. The first-order valence-electron chi connectivity index (χ1n) is 6.18. The van der Waals surface area contributed by atoms with Gasteiger partial charge in [0.2, 0.25) is 11.7 Å². The van der Waals surface area contributed by atoms with E-state index in [9.17, 15) is 5.11 Å². The van der Waals surface area contributed by atoms with Crippen molar-refractivity contribution in [3.8, 4) is 17.1 Å². The third kappa shape index (κ3) is 3.17. The van der Waals surface area contributed by atoms with Crippen LogP contribution in [0, 0.1) is 0 Å². The average Bonchev–Trinajstić information content (AvgIpc) is 2.91. The van der Waals surface area contributed by atoms with Gasteiger partial charge in [-0.1, -0.05) is 46.6 Å². The number of hydrogen-bond acceptors (Lipinski definition) is 4. The zero-order valence-corrected chi connectivity index (χ0v) is 12.3. The molecule has 0 aliphatic heterocycles. The topological polar surface area (TPSA) is 59.2 Å². The number of phenols is 1. The molecule has 0 saturated carbocycles. The van der Waals surface area contributed by atoms with Crippen LogP contribution in [-0.4, -0.2) is 15.2 Å². The third-order valence-corrected chi connectivity index (χ3v) is 3.65. The minimum atomic E-state index is 0.156. The fourth-order valence-electron chi connectivity index (χ4n) is 1.91. The van der Waals surface area contributed by atoms with Gasteiger partial charge in [-0.25, -0.2) is 0 Å². The zero-order chi connectivity index (χ0) is 14.8. The summed E-state index contributed by atoms with van der Waals surface area (Å²) in [7, 11) is 0. The number of nitrogens with zero attached hydrogens (tertiary/aromatic N) is 2. The SMILES string of the molecule is Oc1cccc(-c2noc(Cc3ccc(Cl)c(Cl)c3)n2)c1. The van der Waals surface area contributed by atoms with Crippen molar-refractivity contribution in [1.29, 1.82) is 0 Å². The van der Waals surface area contributed by atoms with Crippen molar-refractivity contribution in [1.82, 2.24) is 10.1 Å². The van der Waals surface area contributed by atoms with E-state index in [2.05, 4.69) is 10.1 Å². The van der Waals surface area contributed by atoms with Crippen LogP contribution in [0.5, 0.6) is 5.75 Å². The molecule has 0 aliphatic rings. The molecule has 3 aromatic rings. The smallest absolute Gasteiger partial charge is 0.231 e. The second-order valence-electron chi connectivity index (χ2n) is 4.49. The average molecular weight is 321 g/mol. The number of aromatic nitrogens is 2. The Morgan fingerprint density at radius 1 is 1.05 bits per heavy atom. The molecule has 6 heteroatoms. The van der Waals surface area contributed by atoms with Gasteiger partial charge in [-0.05, 0) is 29.8 Å². The third-order valence-electron chi connectivity index (χ3n) is 2.91. The molecule has 0 fully saturated rings. The maximum Gasteiger partial charge on any atom is 0.231 e. The highest BCUT2D eigenvalue weighted by Gasteiger charge is 2.10. The molecule has 0 saturated heterocycles. The minimum Gasteiger partial charge on any atom is -0.508 e. The lowest BCUT2D eigenvalue weighted by Gasteiger charge is -1.99. The molecule has 0 atom stereocenters. The van der Waals surface area contributed by atoms with Crippen molar-refractivity contribution >= 4 is 23.2 Å². The maximum absolute atomic E-state index is 9.46. The van der Waals surface area contributed by atoms with E-state index in [1.54, 1.807) is 36.4 Å². The summed E-state index contributed by atoms with van der Waals surface area (Å²) in [4.78, 5) is 4.30. The lowest BCUT2D eigenvalue weighted by Crippen LogP contribution is -1.89. The molecule has 0 spiro atoms. The molecular formula is C15H10Cl2N2O2. The first kappa shape index (κ1) is 13.9. The predicted octanol–water partition coefficient (Wildman–Crippen LogP) is 4.34. The summed E-state index contributed by atoms with van der Waals surface area (Å²) >= 11 is 11.8. The van der Waals surface area contributed by atoms with Crippen LogP contribution in [-0.2, 0) is 6.42 Å². The van der Waals surface area contributed by atoms with Gasteiger partial charge in [0, 0.05) is 5.56 Å². The summed E-state index contributed by atoms with van der Waals surface area (Å²) in [5.41, 5.74) is 1.62. The molecule has 0 amide bonds. The highest BCUT2D eigenvalue weighted by atomic mass is 35.5. The van der Waals surface area contributed by atoms with Gasteiger partial charge in [0.15, 0.2) is 0 Å². The van der Waals surface area contributed by atoms with Crippen LogP contribution < -0.4 is 0 Å². The Labute approximate surface area is 130 Å². The van der Waals surface area contributed by atoms with Crippen molar-refractivity contribution in [2.75, 3.05) is 0 Å². The Hall–Kier alpha value is -2.04. The second-order valence-corrected chi connectivity index (χ2v) is 5.30. The quantitative estimate of drug-likeness (QED) is 0.779. The molecule has 1 N–H and O–H groups in total. The van der Waals surface area contributed by atoms with Gasteiger partial charge in [-0.15, -0.1) is 0 Å². The molecule has 106 valence electrons. The van der Waals surface area contributed by atoms with E-state index in [0.29, 0.717) is 33.7 Å². The monoisotopic (exact) mass is 320 g/mol. The summed E-state index contributed by atoms with van der Waals surface area (Å²) in [5.74, 6) is 1.05. The number of aromatic hydroxyl groups is 1. The van der Waals surface area contributed by atoms with E-state index in [-0.39, 0.29) is 5.75 Å². The zero-order valence-electron chi connectivity index (χ0n) is 10.8. The highest BCUT2D eigenvalue weighted by molar-refractivity contribution is 6.42. The first-order chi connectivity index (χ1) is 10.1. The van der Waals surface area contributed by atoms with Crippen LogP contribution >= 0.6 is 23.2 Å². The van der Waals surface area contributed by atoms with Gasteiger partial charge in [0.25, 0.3) is 0 Å².